The summed E-state index contributed by atoms with van der Waals surface area (Å²) in [6, 6.07) is 19.3. The van der Waals surface area contributed by atoms with Crippen LogP contribution in [0.25, 0.3) is 0 Å². The molecule has 37 heavy (non-hydrogen) atoms. The van der Waals surface area contributed by atoms with Gasteiger partial charge in [-0.15, -0.1) is 0 Å². The minimum Gasteiger partial charge on any atom is -0.489 e. The molecule has 1 fully saturated rings. The second kappa shape index (κ2) is 12.5. The van der Waals surface area contributed by atoms with Gasteiger partial charge in [0.15, 0.2) is 0 Å². The number of hydrogen-bond acceptors (Lipinski definition) is 4. The first-order valence-electron chi connectivity index (χ1n) is 12.4. The van der Waals surface area contributed by atoms with E-state index < -0.39 is 11.9 Å². The summed E-state index contributed by atoms with van der Waals surface area (Å²) >= 11 is 0. The van der Waals surface area contributed by atoms with Crippen molar-refractivity contribution in [2.45, 2.75) is 45.0 Å². The van der Waals surface area contributed by atoms with Crippen molar-refractivity contribution in [1.29, 1.82) is 0 Å². The van der Waals surface area contributed by atoms with Gasteiger partial charge in [-0.05, 0) is 53.8 Å². The van der Waals surface area contributed by atoms with E-state index in [2.05, 4.69) is 10.6 Å². The van der Waals surface area contributed by atoms with Crippen molar-refractivity contribution >= 4 is 11.8 Å². The molecule has 0 bridgehead atoms. The molecule has 3 aromatic carbocycles. The van der Waals surface area contributed by atoms with Crippen LogP contribution in [0.15, 0.2) is 72.8 Å². The van der Waals surface area contributed by atoms with Gasteiger partial charge in [0.1, 0.15) is 24.0 Å². The highest BCUT2D eigenvalue weighted by Crippen LogP contribution is 2.21. The van der Waals surface area contributed by atoms with Gasteiger partial charge in [-0.2, -0.15) is 0 Å². The molecule has 2 amide bonds. The van der Waals surface area contributed by atoms with E-state index in [1.807, 2.05) is 35.2 Å². The molecule has 1 aliphatic heterocycles. The highest BCUT2D eigenvalue weighted by Gasteiger charge is 2.31. The maximum Gasteiger partial charge on any atom is 0.240 e. The monoisotopic (exact) mass is 507 g/mol. The number of nitrogens with one attached hydrogen (secondary N) is 2. The highest BCUT2D eigenvalue weighted by atomic mass is 19.1. The first-order valence-corrected chi connectivity index (χ1v) is 12.4. The summed E-state index contributed by atoms with van der Waals surface area (Å²) in [5, 5.41) is 6.19. The Balaban J connectivity index is 1.42. The van der Waals surface area contributed by atoms with Gasteiger partial charge in [0.25, 0.3) is 0 Å². The standard InChI is InChI=1S/C29H31F2N3O3/c1-20(35)33-26(17-28-29(36)34(12-11-32-28)18-21-5-3-2-4-6-21)14-23-13-25(31)16-27(15-23)37-19-22-7-9-24(30)10-8-22/h2-10,13,15-16,26,28,32H,11-12,14,17-19H2,1H3,(H,33,35)/t26-,28-/m0/s1. The number of rotatable bonds is 10. The molecule has 2 atom stereocenters. The first kappa shape index (κ1) is 26.3. The molecule has 6 nitrogen and oxygen atoms in total. The third kappa shape index (κ3) is 7.85. The summed E-state index contributed by atoms with van der Waals surface area (Å²) in [5.41, 5.74) is 2.45. The smallest absolute Gasteiger partial charge is 0.240 e. The third-order valence-electron chi connectivity index (χ3n) is 6.26. The third-order valence-corrected chi connectivity index (χ3v) is 6.26. The lowest BCUT2D eigenvalue weighted by atomic mass is 9.97. The Morgan fingerprint density at radius 3 is 2.51 bits per heavy atom. The van der Waals surface area contributed by atoms with Crippen molar-refractivity contribution in [2.75, 3.05) is 13.1 Å². The Labute approximate surface area is 215 Å². The molecule has 4 rings (SSSR count). The van der Waals surface area contributed by atoms with E-state index in [4.69, 9.17) is 4.74 Å². The van der Waals surface area contributed by atoms with E-state index >= 15 is 0 Å². The Hall–Kier alpha value is -3.78. The second-order valence-corrected chi connectivity index (χ2v) is 9.30. The van der Waals surface area contributed by atoms with Crippen molar-refractivity contribution in [3.63, 3.8) is 0 Å². The zero-order valence-corrected chi connectivity index (χ0v) is 20.8. The molecule has 1 saturated heterocycles. The van der Waals surface area contributed by atoms with Crippen LogP contribution in [0.5, 0.6) is 5.75 Å². The molecule has 8 heteroatoms. The predicted molar refractivity (Wildman–Crippen MR) is 137 cm³/mol. The molecule has 1 aliphatic rings. The lowest BCUT2D eigenvalue weighted by molar-refractivity contribution is -0.137. The van der Waals surface area contributed by atoms with Crippen LogP contribution in [0, 0.1) is 11.6 Å². The molecule has 0 unspecified atom stereocenters. The van der Waals surface area contributed by atoms with Gasteiger partial charge in [-0.3, -0.25) is 9.59 Å². The van der Waals surface area contributed by atoms with E-state index in [0.29, 0.717) is 43.8 Å². The Morgan fingerprint density at radius 1 is 1.03 bits per heavy atom. The van der Waals surface area contributed by atoms with Crippen LogP contribution in [0.1, 0.15) is 30.0 Å². The zero-order valence-electron chi connectivity index (χ0n) is 20.8. The molecule has 0 spiro atoms. The number of amides is 2. The van der Waals surface area contributed by atoms with E-state index in [1.165, 1.54) is 31.2 Å². The van der Waals surface area contributed by atoms with Gasteiger partial charge >= 0.3 is 0 Å². The summed E-state index contributed by atoms with van der Waals surface area (Å²) in [6.45, 7) is 3.37. The molecule has 0 radical (unpaired) electrons. The van der Waals surface area contributed by atoms with Crippen molar-refractivity contribution in [1.82, 2.24) is 15.5 Å². The number of carbonyl (C=O) groups is 2. The van der Waals surface area contributed by atoms with Gasteiger partial charge in [0.05, 0.1) is 6.04 Å². The van der Waals surface area contributed by atoms with E-state index in [-0.39, 0.29) is 30.3 Å². The predicted octanol–water partition coefficient (Wildman–Crippen LogP) is 3.98. The highest BCUT2D eigenvalue weighted by molar-refractivity contribution is 5.83. The molecule has 0 aromatic heterocycles. The zero-order chi connectivity index (χ0) is 26.2. The fourth-order valence-corrected chi connectivity index (χ4v) is 4.56. The summed E-state index contributed by atoms with van der Waals surface area (Å²) in [6.07, 6.45) is 0.695. The van der Waals surface area contributed by atoms with Crippen molar-refractivity contribution in [3.05, 3.63) is 101 Å². The number of carbonyl (C=O) groups excluding carboxylic acids is 2. The van der Waals surface area contributed by atoms with Gasteiger partial charge in [0, 0.05) is 38.7 Å². The molecule has 2 N–H and O–H groups in total. The van der Waals surface area contributed by atoms with Gasteiger partial charge in [0.2, 0.25) is 11.8 Å². The molecular weight excluding hydrogens is 476 g/mol. The normalized spacial score (nSPS) is 16.4. The van der Waals surface area contributed by atoms with Crippen molar-refractivity contribution in [3.8, 4) is 5.75 Å². The van der Waals surface area contributed by atoms with E-state index in [0.717, 1.165) is 11.1 Å². The SMILES string of the molecule is CC(=O)N[C@@H](Cc1cc(F)cc(OCc2ccc(F)cc2)c1)C[C@@H]1NCCN(Cc2ccccc2)C1=O. The Kier molecular flexibility index (Phi) is 8.85. The lowest BCUT2D eigenvalue weighted by Gasteiger charge is -2.35. The van der Waals surface area contributed by atoms with Crippen LogP contribution in [-0.2, 0) is 29.2 Å². The lowest BCUT2D eigenvalue weighted by Crippen LogP contribution is -2.56. The maximum atomic E-state index is 14.4. The van der Waals surface area contributed by atoms with Crippen molar-refractivity contribution in [2.24, 2.45) is 0 Å². The number of piperazine rings is 1. The minimum atomic E-state index is -0.464. The largest absolute Gasteiger partial charge is 0.489 e. The summed E-state index contributed by atoms with van der Waals surface area (Å²) in [4.78, 5) is 27.0. The number of halogens is 2. The molecule has 1 heterocycles. The summed E-state index contributed by atoms with van der Waals surface area (Å²) in [5.74, 6) is -0.711. The quantitative estimate of drug-likeness (QED) is 0.436. The molecular formula is C29H31F2N3O3. The molecule has 0 saturated carbocycles. The molecule has 0 aliphatic carbocycles. The fourth-order valence-electron chi connectivity index (χ4n) is 4.56. The Morgan fingerprint density at radius 2 is 1.78 bits per heavy atom. The van der Waals surface area contributed by atoms with E-state index in [9.17, 15) is 18.4 Å². The van der Waals surface area contributed by atoms with Crippen LogP contribution in [0.4, 0.5) is 8.78 Å². The number of nitrogens with zero attached hydrogens (tertiary/aromatic N) is 1. The average molecular weight is 508 g/mol. The topological polar surface area (TPSA) is 70.7 Å². The van der Waals surface area contributed by atoms with Gasteiger partial charge in [-0.25, -0.2) is 8.78 Å². The van der Waals surface area contributed by atoms with Gasteiger partial charge < -0.3 is 20.3 Å². The number of benzene rings is 3. The van der Waals surface area contributed by atoms with Crippen LogP contribution in [0.3, 0.4) is 0 Å². The Bertz CT molecular complexity index is 1200. The number of hydrogen-bond donors (Lipinski definition) is 2. The van der Waals surface area contributed by atoms with Crippen molar-refractivity contribution < 1.29 is 23.1 Å². The number of ether oxygens (including phenoxy) is 1. The van der Waals surface area contributed by atoms with Crippen LogP contribution in [-0.4, -0.2) is 41.9 Å². The molecule has 194 valence electrons. The second-order valence-electron chi connectivity index (χ2n) is 9.30. The fraction of sp³-hybridized carbons (Fsp3) is 0.310. The minimum absolute atomic E-state index is 0.0204. The first-order chi connectivity index (χ1) is 17.9. The summed E-state index contributed by atoms with van der Waals surface area (Å²) < 4.78 is 33.3. The van der Waals surface area contributed by atoms with Gasteiger partial charge in [-0.1, -0.05) is 42.5 Å². The van der Waals surface area contributed by atoms with Crippen LogP contribution >= 0.6 is 0 Å². The summed E-state index contributed by atoms with van der Waals surface area (Å²) in [7, 11) is 0. The van der Waals surface area contributed by atoms with E-state index in [1.54, 1.807) is 18.2 Å². The van der Waals surface area contributed by atoms with Crippen LogP contribution in [0.2, 0.25) is 0 Å². The maximum absolute atomic E-state index is 14.4. The molecule has 3 aromatic rings. The average Bonchev–Trinajstić information content (AvgIpc) is 2.86. The van der Waals surface area contributed by atoms with Crippen LogP contribution < -0.4 is 15.4 Å².